The monoisotopic (exact) mass is 304 g/mol. The molecule has 0 radical (unpaired) electrons. The summed E-state index contributed by atoms with van der Waals surface area (Å²) in [6.07, 6.45) is 0.260. The minimum atomic E-state index is -0.120. The number of aryl methyl sites for hydroxylation is 1. The van der Waals surface area contributed by atoms with Crippen LogP contribution in [0.1, 0.15) is 12.0 Å². The highest BCUT2D eigenvalue weighted by Crippen LogP contribution is 2.20. The number of nitrogens with one attached hydrogen (secondary N) is 1. The third kappa shape index (κ3) is 4.68. The number of hydrogen-bond acceptors (Lipinski definition) is 3. The number of anilines is 2. The highest BCUT2D eigenvalue weighted by Gasteiger charge is 2.05. The standard InChI is InChI=1S/C16H17ClN2O2/c1-11-9-13(18)5-6-15(11)21-8-7-16(20)19-14-4-2-3-12(17)10-14/h2-6,9-10H,7-8,18H2,1H3,(H,19,20). The van der Waals surface area contributed by atoms with Gasteiger partial charge < -0.3 is 15.8 Å². The maximum Gasteiger partial charge on any atom is 0.227 e. The normalized spacial score (nSPS) is 10.2. The zero-order valence-electron chi connectivity index (χ0n) is 11.7. The van der Waals surface area contributed by atoms with Gasteiger partial charge in [-0.25, -0.2) is 0 Å². The van der Waals surface area contributed by atoms with E-state index in [4.69, 9.17) is 22.1 Å². The molecule has 5 heteroatoms. The highest BCUT2D eigenvalue weighted by molar-refractivity contribution is 6.30. The van der Waals surface area contributed by atoms with E-state index in [1.165, 1.54) is 0 Å². The highest BCUT2D eigenvalue weighted by atomic mass is 35.5. The number of halogens is 1. The van der Waals surface area contributed by atoms with Crippen molar-refractivity contribution in [2.45, 2.75) is 13.3 Å². The summed E-state index contributed by atoms with van der Waals surface area (Å²) in [5, 5.41) is 3.35. The molecular weight excluding hydrogens is 288 g/mol. The molecule has 0 aromatic heterocycles. The molecule has 4 nitrogen and oxygen atoms in total. The van der Waals surface area contributed by atoms with E-state index in [2.05, 4.69) is 5.32 Å². The van der Waals surface area contributed by atoms with Crippen LogP contribution in [0.25, 0.3) is 0 Å². The minimum absolute atomic E-state index is 0.120. The molecule has 2 rings (SSSR count). The number of amides is 1. The van der Waals surface area contributed by atoms with Gasteiger partial charge in [-0.2, -0.15) is 0 Å². The molecule has 0 heterocycles. The van der Waals surface area contributed by atoms with Crippen molar-refractivity contribution in [1.29, 1.82) is 0 Å². The third-order valence-electron chi connectivity index (χ3n) is 2.89. The smallest absolute Gasteiger partial charge is 0.227 e. The fourth-order valence-electron chi connectivity index (χ4n) is 1.88. The van der Waals surface area contributed by atoms with Gasteiger partial charge in [0.15, 0.2) is 0 Å². The Morgan fingerprint density at radius 2 is 2.10 bits per heavy atom. The summed E-state index contributed by atoms with van der Waals surface area (Å²) in [6.45, 7) is 2.22. The second-order valence-corrected chi connectivity index (χ2v) is 5.12. The van der Waals surface area contributed by atoms with Crippen molar-refractivity contribution in [1.82, 2.24) is 0 Å². The average Bonchev–Trinajstić information content (AvgIpc) is 2.41. The molecule has 110 valence electrons. The molecule has 0 atom stereocenters. The molecule has 0 saturated carbocycles. The first-order valence-electron chi connectivity index (χ1n) is 6.59. The van der Waals surface area contributed by atoms with Gasteiger partial charge >= 0.3 is 0 Å². The summed E-state index contributed by atoms with van der Waals surface area (Å²) < 4.78 is 5.58. The molecule has 3 N–H and O–H groups in total. The number of ether oxygens (including phenoxy) is 1. The van der Waals surface area contributed by atoms with Gasteiger partial charge in [0.2, 0.25) is 5.91 Å². The summed E-state index contributed by atoms with van der Waals surface area (Å²) in [7, 11) is 0. The lowest BCUT2D eigenvalue weighted by Crippen LogP contribution is -2.15. The van der Waals surface area contributed by atoms with Crippen molar-refractivity contribution in [3.63, 3.8) is 0 Å². The van der Waals surface area contributed by atoms with E-state index in [-0.39, 0.29) is 12.3 Å². The fourth-order valence-corrected chi connectivity index (χ4v) is 2.07. The number of nitrogen functional groups attached to an aromatic ring is 1. The van der Waals surface area contributed by atoms with Crippen molar-refractivity contribution in [3.8, 4) is 5.75 Å². The summed E-state index contributed by atoms with van der Waals surface area (Å²) in [5.41, 5.74) is 7.99. The van der Waals surface area contributed by atoms with Crippen molar-refractivity contribution < 1.29 is 9.53 Å². The average molecular weight is 305 g/mol. The van der Waals surface area contributed by atoms with Gasteiger partial charge in [0.05, 0.1) is 13.0 Å². The van der Waals surface area contributed by atoms with Gasteiger partial charge in [-0.05, 0) is 48.9 Å². The molecule has 2 aromatic rings. The number of benzene rings is 2. The van der Waals surface area contributed by atoms with Gasteiger partial charge in [-0.3, -0.25) is 4.79 Å². The van der Waals surface area contributed by atoms with E-state index < -0.39 is 0 Å². The zero-order valence-corrected chi connectivity index (χ0v) is 12.5. The second-order valence-electron chi connectivity index (χ2n) is 4.68. The van der Waals surface area contributed by atoms with E-state index in [9.17, 15) is 4.79 Å². The number of carbonyl (C=O) groups is 1. The molecular formula is C16H17ClN2O2. The number of hydrogen-bond donors (Lipinski definition) is 2. The van der Waals surface area contributed by atoms with Crippen LogP contribution in [0.4, 0.5) is 11.4 Å². The Balaban J connectivity index is 1.81. The molecule has 2 aromatic carbocycles. The van der Waals surface area contributed by atoms with Crippen LogP contribution in [0.5, 0.6) is 5.75 Å². The molecule has 0 fully saturated rings. The van der Waals surface area contributed by atoms with E-state index in [1.54, 1.807) is 36.4 Å². The summed E-state index contributed by atoms with van der Waals surface area (Å²) in [4.78, 5) is 11.8. The Labute approximate surface area is 128 Å². The van der Waals surface area contributed by atoms with E-state index in [0.29, 0.717) is 23.0 Å². The van der Waals surface area contributed by atoms with Crippen LogP contribution >= 0.6 is 11.6 Å². The topological polar surface area (TPSA) is 64.3 Å². The predicted octanol–water partition coefficient (Wildman–Crippen LogP) is 3.64. The number of carbonyl (C=O) groups excluding carboxylic acids is 1. The van der Waals surface area contributed by atoms with Gasteiger partial charge in [-0.1, -0.05) is 17.7 Å². The maximum atomic E-state index is 11.8. The summed E-state index contributed by atoms with van der Waals surface area (Å²) in [5.74, 6) is 0.616. The van der Waals surface area contributed by atoms with E-state index >= 15 is 0 Å². The van der Waals surface area contributed by atoms with Crippen LogP contribution in [-0.2, 0) is 4.79 Å². The Morgan fingerprint density at radius 1 is 1.29 bits per heavy atom. The fraction of sp³-hybridized carbons (Fsp3) is 0.188. The van der Waals surface area contributed by atoms with Crippen LogP contribution in [0.2, 0.25) is 5.02 Å². The SMILES string of the molecule is Cc1cc(N)ccc1OCCC(=O)Nc1cccc(Cl)c1. The van der Waals surface area contributed by atoms with Gasteiger partial charge in [0, 0.05) is 16.4 Å². The summed E-state index contributed by atoms with van der Waals surface area (Å²) in [6, 6.07) is 12.4. The lowest BCUT2D eigenvalue weighted by Gasteiger charge is -2.10. The van der Waals surface area contributed by atoms with Crippen molar-refractivity contribution >= 4 is 28.9 Å². The summed E-state index contributed by atoms with van der Waals surface area (Å²) >= 11 is 5.86. The number of nitrogens with two attached hydrogens (primary N) is 1. The molecule has 21 heavy (non-hydrogen) atoms. The maximum absolute atomic E-state index is 11.8. The molecule has 0 bridgehead atoms. The molecule has 0 saturated heterocycles. The van der Waals surface area contributed by atoms with E-state index in [1.807, 2.05) is 13.0 Å². The first-order valence-corrected chi connectivity index (χ1v) is 6.97. The van der Waals surface area contributed by atoms with Crippen LogP contribution in [0.3, 0.4) is 0 Å². The minimum Gasteiger partial charge on any atom is -0.493 e. The molecule has 0 aliphatic rings. The third-order valence-corrected chi connectivity index (χ3v) is 3.13. The van der Waals surface area contributed by atoms with Crippen molar-refractivity contribution in [3.05, 3.63) is 53.1 Å². The molecule has 0 aliphatic carbocycles. The Hall–Kier alpha value is -2.20. The van der Waals surface area contributed by atoms with Crippen LogP contribution in [0.15, 0.2) is 42.5 Å². The van der Waals surface area contributed by atoms with Gasteiger partial charge in [-0.15, -0.1) is 0 Å². The van der Waals surface area contributed by atoms with Crippen LogP contribution < -0.4 is 15.8 Å². The van der Waals surface area contributed by atoms with E-state index in [0.717, 1.165) is 11.3 Å². The van der Waals surface area contributed by atoms with Gasteiger partial charge in [0.25, 0.3) is 0 Å². The Kier molecular flexibility index (Phi) is 5.06. The quantitative estimate of drug-likeness (QED) is 0.829. The first kappa shape index (κ1) is 15.2. The second kappa shape index (κ2) is 6.99. The lowest BCUT2D eigenvalue weighted by atomic mass is 10.2. The molecule has 0 unspecified atom stereocenters. The van der Waals surface area contributed by atoms with Gasteiger partial charge in [0.1, 0.15) is 5.75 Å². The van der Waals surface area contributed by atoms with Crippen molar-refractivity contribution in [2.75, 3.05) is 17.7 Å². The van der Waals surface area contributed by atoms with Crippen LogP contribution in [-0.4, -0.2) is 12.5 Å². The molecule has 0 spiro atoms. The van der Waals surface area contributed by atoms with Crippen LogP contribution in [0, 0.1) is 6.92 Å². The Morgan fingerprint density at radius 3 is 2.81 bits per heavy atom. The number of rotatable bonds is 5. The zero-order chi connectivity index (χ0) is 15.2. The molecule has 1 amide bonds. The lowest BCUT2D eigenvalue weighted by molar-refractivity contribution is -0.116. The first-order chi connectivity index (χ1) is 10.0. The molecule has 0 aliphatic heterocycles. The Bertz CT molecular complexity index is 644. The predicted molar refractivity (Wildman–Crippen MR) is 85.8 cm³/mol. The van der Waals surface area contributed by atoms with Crippen molar-refractivity contribution in [2.24, 2.45) is 0 Å². The largest absolute Gasteiger partial charge is 0.493 e.